The Labute approximate surface area is 190 Å². The van der Waals surface area contributed by atoms with Crippen molar-refractivity contribution in [2.45, 2.75) is 24.7 Å². The SMILES string of the molecule is CCc1cc(S(=O)(=O)Nc2cc(Cl)cnc2C(=O)c2ccnc3c2C=CC3)ccc1Cl. The summed E-state index contributed by atoms with van der Waals surface area (Å²) < 4.78 is 28.5. The van der Waals surface area contributed by atoms with Crippen molar-refractivity contribution in [1.29, 1.82) is 0 Å². The lowest BCUT2D eigenvalue weighted by Crippen LogP contribution is -2.17. The van der Waals surface area contributed by atoms with Crippen LogP contribution in [-0.4, -0.2) is 24.2 Å². The van der Waals surface area contributed by atoms with E-state index in [0.29, 0.717) is 34.6 Å². The maximum atomic E-state index is 13.3. The molecule has 4 rings (SSSR count). The molecule has 9 heteroatoms. The van der Waals surface area contributed by atoms with Gasteiger partial charge in [-0.05, 0) is 42.3 Å². The minimum atomic E-state index is -4.01. The van der Waals surface area contributed by atoms with E-state index in [-0.39, 0.29) is 21.3 Å². The summed E-state index contributed by atoms with van der Waals surface area (Å²) in [7, 11) is -4.01. The Morgan fingerprint density at radius 2 is 1.97 bits per heavy atom. The second kappa shape index (κ2) is 8.42. The highest BCUT2D eigenvalue weighted by molar-refractivity contribution is 7.92. The third-order valence-electron chi connectivity index (χ3n) is 4.94. The molecule has 3 aromatic rings. The van der Waals surface area contributed by atoms with Crippen molar-refractivity contribution in [3.05, 3.63) is 86.9 Å². The highest BCUT2D eigenvalue weighted by Gasteiger charge is 2.24. The number of pyridine rings is 2. The summed E-state index contributed by atoms with van der Waals surface area (Å²) in [4.78, 5) is 21.7. The number of ketones is 1. The highest BCUT2D eigenvalue weighted by Crippen LogP contribution is 2.29. The topological polar surface area (TPSA) is 89.0 Å². The van der Waals surface area contributed by atoms with Crippen LogP contribution in [0.15, 0.2) is 53.7 Å². The van der Waals surface area contributed by atoms with Crippen LogP contribution in [-0.2, 0) is 22.9 Å². The number of aromatic nitrogens is 2. The standard InChI is InChI=1S/C22H17Cl2N3O3S/c1-2-13-10-15(6-7-18(13)24)31(29,30)27-20-11-14(23)12-26-21(20)22(28)17-8-9-25-19-5-3-4-16(17)19/h3-4,6-12,27H,2,5H2,1H3. The number of carbonyl (C=O) groups excluding carboxylic acids is 1. The van der Waals surface area contributed by atoms with E-state index in [1.54, 1.807) is 12.3 Å². The molecule has 2 heterocycles. The average Bonchev–Trinajstić information content (AvgIpc) is 3.22. The third kappa shape index (κ3) is 4.21. The number of halogens is 2. The van der Waals surface area contributed by atoms with Crippen LogP contribution in [0.5, 0.6) is 0 Å². The van der Waals surface area contributed by atoms with Crippen LogP contribution in [0.25, 0.3) is 6.08 Å². The van der Waals surface area contributed by atoms with E-state index in [9.17, 15) is 13.2 Å². The van der Waals surface area contributed by atoms with Gasteiger partial charge in [-0.2, -0.15) is 0 Å². The summed E-state index contributed by atoms with van der Waals surface area (Å²) in [5, 5.41) is 0.681. The van der Waals surface area contributed by atoms with Crippen LogP contribution >= 0.6 is 23.2 Å². The molecular weight excluding hydrogens is 457 g/mol. The molecule has 1 aliphatic carbocycles. The van der Waals surface area contributed by atoms with Crippen LogP contribution in [0, 0.1) is 0 Å². The van der Waals surface area contributed by atoms with E-state index in [1.165, 1.54) is 30.5 Å². The Morgan fingerprint density at radius 3 is 2.74 bits per heavy atom. The monoisotopic (exact) mass is 473 g/mol. The Balaban J connectivity index is 1.75. The molecule has 158 valence electrons. The van der Waals surface area contributed by atoms with Gasteiger partial charge in [0.25, 0.3) is 10.0 Å². The second-order valence-electron chi connectivity index (χ2n) is 6.92. The number of carbonyl (C=O) groups is 1. The van der Waals surface area contributed by atoms with Crippen molar-refractivity contribution in [2.24, 2.45) is 0 Å². The van der Waals surface area contributed by atoms with Gasteiger partial charge in [0.1, 0.15) is 5.69 Å². The van der Waals surface area contributed by atoms with Gasteiger partial charge in [0.2, 0.25) is 5.78 Å². The van der Waals surface area contributed by atoms with E-state index >= 15 is 0 Å². The summed E-state index contributed by atoms with van der Waals surface area (Å²) in [6.07, 6.45) is 7.82. The fraction of sp³-hybridized carbons (Fsp3) is 0.136. The van der Waals surface area contributed by atoms with Gasteiger partial charge >= 0.3 is 0 Å². The van der Waals surface area contributed by atoms with Gasteiger partial charge in [-0.3, -0.25) is 14.5 Å². The van der Waals surface area contributed by atoms with Crippen molar-refractivity contribution >= 4 is 50.8 Å². The van der Waals surface area contributed by atoms with Crippen LogP contribution in [0.3, 0.4) is 0 Å². The first-order chi connectivity index (χ1) is 14.8. The molecule has 0 atom stereocenters. The maximum Gasteiger partial charge on any atom is 0.261 e. The molecule has 2 aromatic heterocycles. The zero-order valence-corrected chi connectivity index (χ0v) is 18.7. The molecule has 0 spiro atoms. The second-order valence-corrected chi connectivity index (χ2v) is 9.44. The summed E-state index contributed by atoms with van der Waals surface area (Å²) in [5.41, 5.74) is 2.54. The molecule has 0 unspecified atom stereocenters. The van der Waals surface area contributed by atoms with E-state index in [0.717, 1.165) is 5.69 Å². The summed E-state index contributed by atoms with van der Waals surface area (Å²) >= 11 is 12.2. The van der Waals surface area contributed by atoms with Gasteiger partial charge in [0.15, 0.2) is 0 Å². The van der Waals surface area contributed by atoms with Crippen LogP contribution in [0.1, 0.15) is 39.8 Å². The molecule has 31 heavy (non-hydrogen) atoms. The lowest BCUT2D eigenvalue weighted by atomic mass is 10.0. The number of fused-ring (bicyclic) bond motifs is 1. The predicted octanol–water partition coefficient (Wildman–Crippen LogP) is 4.95. The smallest absolute Gasteiger partial charge is 0.261 e. The molecule has 0 radical (unpaired) electrons. The summed E-state index contributed by atoms with van der Waals surface area (Å²) in [6.45, 7) is 1.88. The number of aryl methyl sites for hydroxylation is 1. The minimum Gasteiger partial charge on any atom is -0.287 e. The van der Waals surface area contributed by atoms with Crippen molar-refractivity contribution in [2.75, 3.05) is 4.72 Å². The number of nitrogens with one attached hydrogen (secondary N) is 1. The molecule has 0 aliphatic heterocycles. The molecule has 1 N–H and O–H groups in total. The van der Waals surface area contributed by atoms with Gasteiger partial charge in [0, 0.05) is 35.0 Å². The van der Waals surface area contributed by atoms with Crippen molar-refractivity contribution in [3.8, 4) is 0 Å². The quantitative estimate of drug-likeness (QED) is 0.511. The van der Waals surface area contributed by atoms with Crippen molar-refractivity contribution in [3.63, 3.8) is 0 Å². The predicted molar refractivity (Wildman–Crippen MR) is 121 cm³/mol. The number of sulfonamides is 1. The first-order valence-electron chi connectivity index (χ1n) is 9.46. The lowest BCUT2D eigenvalue weighted by Gasteiger charge is -2.14. The normalized spacial score (nSPS) is 12.6. The maximum absolute atomic E-state index is 13.3. The lowest BCUT2D eigenvalue weighted by molar-refractivity contribution is 0.103. The number of hydrogen-bond acceptors (Lipinski definition) is 5. The highest BCUT2D eigenvalue weighted by atomic mass is 35.5. The van der Waals surface area contributed by atoms with Gasteiger partial charge in [-0.1, -0.05) is 42.3 Å². The number of allylic oxidation sites excluding steroid dienone is 1. The molecule has 0 fully saturated rings. The van der Waals surface area contributed by atoms with Gasteiger partial charge < -0.3 is 0 Å². The van der Waals surface area contributed by atoms with Crippen molar-refractivity contribution < 1.29 is 13.2 Å². The van der Waals surface area contributed by atoms with E-state index in [1.807, 2.05) is 19.1 Å². The number of anilines is 1. The number of rotatable bonds is 6. The number of nitrogens with zero attached hydrogens (tertiary/aromatic N) is 2. The Bertz CT molecular complexity index is 1340. The van der Waals surface area contributed by atoms with Crippen LogP contribution in [0.4, 0.5) is 5.69 Å². The molecule has 1 aromatic carbocycles. The zero-order chi connectivity index (χ0) is 22.2. The first-order valence-corrected chi connectivity index (χ1v) is 11.7. The molecule has 0 saturated heterocycles. The summed E-state index contributed by atoms with van der Waals surface area (Å²) in [5.74, 6) is -0.426. The summed E-state index contributed by atoms with van der Waals surface area (Å²) in [6, 6.07) is 7.41. The van der Waals surface area contributed by atoms with E-state index in [4.69, 9.17) is 23.2 Å². The van der Waals surface area contributed by atoms with E-state index in [2.05, 4.69) is 14.7 Å². The van der Waals surface area contributed by atoms with Crippen molar-refractivity contribution in [1.82, 2.24) is 9.97 Å². The molecular formula is C22H17Cl2N3O3S. The van der Waals surface area contributed by atoms with E-state index < -0.39 is 15.8 Å². The fourth-order valence-electron chi connectivity index (χ4n) is 3.37. The average molecular weight is 474 g/mol. The molecule has 0 amide bonds. The molecule has 0 bridgehead atoms. The minimum absolute atomic E-state index is 0.00182. The van der Waals surface area contributed by atoms with Gasteiger partial charge in [0.05, 0.1) is 21.3 Å². The number of hydrogen-bond donors (Lipinski definition) is 1. The number of benzene rings is 1. The largest absolute Gasteiger partial charge is 0.287 e. The van der Waals surface area contributed by atoms with Gasteiger partial charge in [-0.25, -0.2) is 13.4 Å². The van der Waals surface area contributed by atoms with Crippen LogP contribution < -0.4 is 4.72 Å². The molecule has 6 nitrogen and oxygen atoms in total. The third-order valence-corrected chi connectivity index (χ3v) is 6.87. The van der Waals surface area contributed by atoms with Gasteiger partial charge in [-0.15, -0.1) is 0 Å². The Kier molecular flexibility index (Phi) is 5.83. The van der Waals surface area contributed by atoms with Crippen LogP contribution in [0.2, 0.25) is 10.0 Å². The Hall–Kier alpha value is -2.74. The molecule has 0 saturated carbocycles. The zero-order valence-electron chi connectivity index (χ0n) is 16.4. The molecule has 1 aliphatic rings. The fourth-order valence-corrected chi connectivity index (χ4v) is 4.89. The Morgan fingerprint density at radius 1 is 1.16 bits per heavy atom. The first kappa shape index (κ1) is 21.5.